The molecular weight excluding hydrogens is 232 g/mol. The second kappa shape index (κ2) is 6.11. The largest absolute Gasteiger partial charge is 0.480 e. The van der Waals surface area contributed by atoms with Crippen LogP contribution in [0, 0.1) is 23.7 Å². The predicted molar refractivity (Wildman–Crippen MR) is 56.7 cm³/mol. The average molecular weight is 244 g/mol. The lowest BCUT2D eigenvalue weighted by atomic mass is 10.4. The van der Waals surface area contributed by atoms with Crippen LogP contribution >= 0.6 is 0 Å². The van der Waals surface area contributed by atoms with Crippen molar-refractivity contribution in [3.63, 3.8) is 0 Å². The molecule has 0 aromatic heterocycles. The molecule has 88 valence electrons. The van der Waals surface area contributed by atoms with Gasteiger partial charge in [0.15, 0.2) is 5.25 Å². The number of hydrogen-bond donors (Lipinski definition) is 1. The summed E-state index contributed by atoms with van der Waals surface area (Å²) in [6.45, 7) is 0.442. The van der Waals surface area contributed by atoms with Gasteiger partial charge in [-0.25, -0.2) is 8.42 Å². The van der Waals surface area contributed by atoms with Gasteiger partial charge in [0.25, 0.3) is 0 Å². The van der Waals surface area contributed by atoms with Crippen LogP contribution in [0.25, 0.3) is 0 Å². The first-order valence-electron chi connectivity index (χ1n) is 4.44. The average Bonchev–Trinajstić information content (AvgIpc) is 2.18. The first kappa shape index (κ1) is 14.4. The first-order chi connectivity index (χ1) is 7.39. The number of aliphatic carboxylic acids is 1. The predicted octanol–water partition coefficient (Wildman–Crippen LogP) is -0.362. The molecule has 0 spiro atoms. The number of carboxylic acid groups (broad SMARTS) is 1. The maximum absolute atomic E-state index is 11.8. The minimum Gasteiger partial charge on any atom is -0.480 e. The van der Waals surface area contributed by atoms with Gasteiger partial charge in [-0.15, -0.1) is 6.42 Å². The molecule has 0 aromatic rings. The molecule has 0 rings (SSSR count). The van der Waals surface area contributed by atoms with Crippen molar-refractivity contribution in [1.82, 2.24) is 4.31 Å². The van der Waals surface area contributed by atoms with Gasteiger partial charge in [-0.2, -0.15) is 9.57 Å². The Kier molecular flexibility index (Phi) is 5.51. The highest BCUT2D eigenvalue weighted by Crippen LogP contribution is 2.11. The molecule has 16 heavy (non-hydrogen) atoms. The summed E-state index contributed by atoms with van der Waals surface area (Å²) in [6, 6.07) is 1.61. The second-order valence-electron chi connectivity index (χ2n) is 2.94. The Morgan fingerprint density at radius 2 is 2.19 bits per heavy atom. The van der Waals surface area contributed by atoms with E-state index in [4.69, 9.17) is 16.8 Å². The summed E-state index contributed by atoms with van der Waals surface area (Å²) in [4.78, 5) is 10.5. The van der Waals surface area contributed by atoms with Crippen molar-refractivity contribution in [2.24, 2.45) is 0 Å². The SMILES string of the molecule is C#CCN(CC(=O)O)S(=O)(=O)C(C#N)CC. The van der Waals surface area contributed by atoms with Crippen molar-refractivity contribution in [3.8, 4) is 18.4 Å². The normalized spacial score (nSPS) is 12.8. The molecule has 0 heterocycles. The van der Waals surface area contributed by atoms with Crippen LogP contribution in [0.5, 0.6) is 0 Å². The lowest BCUT2D eigenvalue weighted by Gasteiger charge is -2.20. The summed E-state index contributed by atoms with van der Waals surface area (Å²) >= 11 is 0. The van der Waals surface area contributed by atoms with Crippen LogP contribution in [0.4, 0.5) is 0 Å². The van der Waals surface area contributed by atoms with Crippen LogP contribution < -0.4 is 0 Å². The monoisotopic (exact) mass is 244 g/mol. The first-order valence-corrected chi connectivity index (χ1v) is 5.94. The Morgan fingerprint density at radius 3 is 2.50 bits per heavy atom. The molecule has 1 N–H and O–H groups in total. The summed E-state index contributed by atoms with van der Waals surface area (Å²) in [5.74, 6) is 0.743. The molecule has 0 bridgehead atoms. The zero-order valence-corrected chi connectivity index (χ0v) is 9.57. The standard InChI is InChI=1S/C9H12N2O4S/c1-3-5-11(7-9(12)13)16(14,15)8(4-2)6-10/h1,8H,4-5,7H2,2H3,(H,12,13). The highest BCUT2D eigenvalue weighted by Gasteiger charge is 2.31. The highest BCUT2D eigenvalue weighted by molar-refractivity contribution is 7.90. The molecule has 1 atom stereocenters. The van der Waals surface area contributed by atoms with Crippen molar-refractivity contribution in [2.75, 3.05) is 13.1 Å². The summed E-state index contributed by atoms with van der Waals surface area (Å²) in [5.41, 5.74) is 0. The van der Waals surface area contributed by atoms with Crippen molar-refractivity contribution < 1.29 is 18.3 Å². The van der Waals surface area contributed by atoms with Crippen molar-refractivity contribution in [1.29, 1.82) is 5.26 Å². The van der Waals surface area contributed by atoms with E-state index in [0.717, 1.165) is 0 Å². The summed E-state index contributed by atoms with van der Waals surface area (Å²) in [7, 11) is -3.97. The van der Waals surface area contributed by atoms with E-state index < -0.39 is 27.8 Å². The number of rotatable bonds is 6. The topological polar surface area (TPSA) is 98.5 Å². The van der Waals surface area contributed by atoms with E-state index in [2.05, 4.69) is 5.92 Å². The zero-order chi connectivity index (χ0) is 12.8. The van der Waals surface area contributed by atoms with E-state index in [9.17, 15) is 13.2 Å². The second-order valence-corrected chi connectivity index (χ2v) is 5.05. The van der Waals surface area contributed by atoms with Gasteiger partial charge in [0, 0.05) is 0 Å². The van der Waals surface area contributed by atoms with Gasteiger partial charge >= 0.3 is 5.97 Å². The van der Waals surface area contributed by atoms with Crippen LogP contribution in [0.1, 0.15) is 13.3 Å². The van der Waals surface area contributed by atoms with Crippen LogP contribution in [0.3, 0.4) is 0 Å². The van der Waals surface area contributed by atoms with Gasteiger partial charge in [-0.3, -0.25) is 4.79 Å². The highest BCUT2D eigenvalue weighted by atomic mass is 32.2. The third-order valence-electron chi connectivity index (χ3n) is 1.81. The van der Waals surface area contributed by atoms with Crippen LogP contribution in [0.2, 0.25) is 0 Å². The number of sulfonamides is 1. The quantitative estimate of drug-likeness (QED) is 0.643. The van der Waals surface area contributed by atoms with Crippen LogP contribution in [0.15, 0.2) is 0 Å². The number of nitriles is 1. The van der Waals surface area contributed by atoms with Crippen molar-refractivity contribution in [3.05, 3.63) is 0 Å². The van der Waals surface area contributed by atoms with Gasteiger partial charge in [0.1, 0.15) is 6.54 Å². The fourth-order valence-electron chi connectivity index (χ4n) is 1.04. The third-order valence-corrected chi connectivity index (χ3v) is 3.95. The summed E-state index contributed by atoms with van der Waals surface area (Å²) < 4.78 is 24.1. The maximum Gasteiger partial charge on any atom is 0.318 e. The fourth-order valence-corrected chi connectivity index (χ4v) is 2.50. The molecule has 6 nitrogen and oxygen atoms in total. The number of carbonyl (C=O) groups is 1. The van der Waals surface area contributed by atoms with Crippen molar-refractivity contribution >= 4 is 16.0 Å². The molecule has 0 saturated carbocycles. The Morgan fingerprint density at radius 1 is 1.62 bits per heavy atom. The lowest BCUT2D eigenvalue weighted by molar-refractivity contribution is -0.137. The van der Waals surface area contributed by atoms with Crippen LogP contribution in [-0.4, -0.2) is 42.1 Å². The van der Waals surface area contributed by atoms with E-state index in [-0.39, 0.29) is 13.0 Å². The molecule has 1 unspecified atom stereocenters. The van der Waals surface area contributed by atoms with Gasteiger partial charge in [0.2, 0.25) is 10.0 Å². The fraction of sp³-hybridized carbons (Fsp3) is 0.556. The minimum atomic E-state index is -3.97. The maximum atomic E-state index is 11.8. The molecular formula is C9H12N2O4S. The smallest absolute Gasteiger partial charge is 0.318 e. The summed E-state index contributed by atoms with van der Waals surface area (Å²) in [5, 5.41) is 15.9. The van der Waals surface area contributed by atoms with Gasteiger partial charge in [-0.05, 0) is 6.42 Å². The van der Waals surface area contributed by atoms with Gasteiger partial charge < -0.3 is 5.11 Å². The molecule has 0 fully saturated rings. The number of nitrogens with zero attached hydrogens (tertiary/aromatic N) is 2. The molecule has 0 saturated heterocycles. The number of terminal acetylenes is 1. The van der Waals surface area contributed by atoms with Gasteiger partial charge in [0.05, 0.1) is 12.6 Å². The Balaban J connectivity index is 5.13. The van der Waals surface area contributed by atoms with Crippen LogP contribution in [-0.2, 0) is 14.8 Å². The molecule has 0 amide bonds. The molecule has 0 aliphatic rings. The Labute approximate surface area is 94.5 Å². The van der Waals surface area contributed by atoms with E-state index >= 15 is 0 Å². The Hall–Kier alpha value is -1.57. The summed E-state index contributed by atoms with van der Waals surface area (Å²) in [6.07, 6.45) is 5.04. The molecule has 0 radical (unpaired) electrons. The van der Waals surface area contributed by atoms with Gasteiger partial charge in [-0.1, -0.05) is 12.8 Å². The molecule has 0 aliphatic heterocycles. The van der Waals surface area contributed by atoms with E-state index in [1.807, 2.05) is 0 Å². The number of carboxylic acids is 1. The zero-order valence-electron chi connectivity index (χ0n) is 8.75. The Bertz CT molecular complexity index is 429. The third kappa shape index (κ3) is 3.54. The molecule has 0 aliphatic carbocycles. The lowest BCUT2D eigenvalue weighted by Crippen LogP contribution is -2.41. The van der Waals surface area contributed by atoms with E-state index in [1.54, 1.807) is 6.07 Å². The number of hydrogen-bond acceptors (Lipinski definition) is 4. The minimum absolute atomic E-state index is 0.0829. The van der Waals surface area contributed by atoms with E-state index in [1.165, 1.54) is 6.92 Å². The van der Waals surface area contributed by atoms with E-state index in [0.29, 0.717) is 4.31 Å². The van der Waals surface area contributed by atoms with Crippen molar-refractivity contribution in [2.45, 2.75) is 18.6 Å². The molecule has 0 aromatic carbocycles. The molecule has 7 heteroatoms.